The molecule has 0 fully saturated rings. The van der Waals surface area contributed by atoms with Crippen LogP contribution in [0.15, 0.2) is 33.9 Å². The maximum absolute atomic E-state index is 12.4. The first-order chi connectivity index (χ1) is 12.3. The van der Waals surface area contributed by atoms with Gasteiger partial charge in [0, 0.05) is 14.1 Å². The third-order valence-corrected chi connectivity index (χ3v) is 4.21. The van der Waals surface area contributed by atoms with Crippen LogP contribution >= 0.6 is 11.6 Å². The van der Waals surface area contributed by atoms with E-state index >= 15 is 0 Å². The third kappa shape index (κ3) is 2.76. The molecule has 0 saturated heterocycles. The van der Waals surface area contributed by atoms with Crippen LogP contribution in [-0.2, 0) is 25.4 Å². The molecule has 0 aliphatic rings. The van der Waals surface area contributed by atoms with Gasteiger partial charge in [-0.2, -0.15) is 10.2 Å². The van der Waals surface area contributed by atoms with Gasteiger partial charge in [-0.15, -0.1) is 0 Å². The summed E-state index contributed by atoms with van der Waals surface area (Å²) in [5, 5.41) is 11.6. The van der Waals surface area contributed by atoms with Gasteiger partial charge in [-0.3, -0.25) is 23.3 Å². The smallest absolute Gasteiger partial charge is 0.323 e. The van der Waals surface area contributed by atoms with Gasteiger partial charge in [0.2, 0.25) is 11.2 Å². The molecule has 0 aliphatic heterocycles. The van der Waals surface area contributed by atoms with Gasteiger partial charge in [-0.1, -0.05) is 12.1 Å². The molecule has 0 spiro atoms. The molecule has 1 amide bonds. The Bertz CT molecular complexity index is 1200. The highest BCUT2D eigenvalue weighted by atomic mass is 35.5. The minimum absolute atomic E-state index is 0.0447. The molecule has 9 nitrogen and oxygen atoms in total. The van der Waals surface area contributed by atoms with Gasteiger partial charge in [0.15, 0.2) is 11.2 Å². The van der Waals surface area contributed by atoms with E-state index in [1.54, 1.807) is 24.3 Å². The van der Waals surface area contributed by atoms with Gasteiger partial charge in [-0.05, 0) is 23.7 Å². The molecule has 0 aliphatic carbocycles. The Morgan fingerprint density at radius 3 is 2.65 bits per heavy atom. The standard InChI is InChI=1S/C16H13ClN6O3/c1-21-13-12(14(25)22(2)16(21)26)23(15(17)20-13)8-11(24)19-10-6-4-3-5-9(10)7-18/h3-6H,8H2,1-2H3,(H,19,24). The van der Waals surface area contributed by atoms with Crippen molar-refractivity contribution in [2.24, 2.45) is 14.1 Å². The average Bonchev–Trinajstić information content (AvgIpc) is 2.95. The molecule has 0 saturated carbocycles. The molecule has 2 heterocycles. The second-order valence-electron chi connectivity index (χ2n) is 5.55. The van der Waals surface area contributed by atoms with Gasteiger partial charge in [0.25, 0.3) is 5.56 Å². The molecule has 3 rings (SSSR count). The van der Waals surface area contributed by atoms with Crippen LogP contribution in [-0.4, -0.2) is 24.6 Å². The number of fused-ring (bicyclic) bond motifs is 1. The van der Waals surface area contributed by atoms with Crippen molar-refractivity contribution in [2.75, 3.05) is 5.32 Å². The van der Waals surface area contributed by atoms with Crippen molar-refractivity contribution in [1.82, 2.24) is 18.7 Å². The lowest BCUT2D eigenvalue weighted by Gasteiger charge is -2.09. The average molecular weight is 373 g/mol. The summed E-state index contributed by atoms with van der Waals surface area (Å²) in [6.07, 6.45) is 0. The number of nitrogens with zero attached hydrogens (tertiary/aromatic N) is 5. The highest BCUT2D eigenvalue weighted by Gasteiger charge is 2.20. The number of hydrogen-bond acceptors (Lipinski definition) is 5. The molecule has 0 bridgehead atoms. The Balaban J connectivity index is 2.03. The Kier molecular flexibility index (Phi) is 4.36. The minimum Gasteiger partial charge on any atom is -0.323 e. The zero-order chi connectivity index (χ0) is 19.0. The number of carbonyl (C=O) groups excluding carboxylic acids is 1. The number of imidazole rings is 1. The lowest BCUT2D eigenvalue weighted by Crippen LogP contribution is -2.37. The largest absolute Gasteiger partial charge is 0.332 e. The maximum Gasteiger partial charge on any atom is 0.332 e. The molecule has 26 heavy (non-hydrogen) atoms. The van der Waals surface area contributed by atoms with Gasteiger partial charge >= 0.3 is 5.69 Å². The number of hydrogen-bond donors (Lipinski definition) is 1. The van der Waals surface area contributed by atoms with Gasteiger partial charge in [-0.25, -0.2) is 4.79 Å². The second-order valence-corrected chi connectivity index (χ2v) is 5.89. The van der Waals surface area contributed by atoms with Crippen molar-refractivity contribution in [1.29, 1.82) is 5.26 Å². The number of amides is 1. The number of aryl methyl sites for hydroxylation is 1. The summed E-state index contributed by atoms with van der Waals surface area (Å²) in [5.74, 6) is -0.496. The molecular weight excluding hydrogens is 360 g/mol. The van der Waals surface area contributed by atoms with E-state index in [0.717, 1.165) is 4.57 Å². The van der Waals surface area contributed by atoms with E-state index in [2.05, 4.69) is 10.3 Å². The summed E-state index contributed by atoms with van der Waals surface area (Å²) in [6.45, 7) is -0.303. The predicted molar refractivity (Wildman–Crippen MR) is 95.0 cm³/mol. The molecule has 2 aromatic heterocycles. The van der Waals surface area contributed by atoms with Crippen molar-refractivity contribution in [3.63, 3.8) is 0 Å². The lowest BCUT2D eigenvalue weighted by molar-refractivity contribution is -0.116. The summed E-state index contributed by atoms with van der Waals surface area (Å²) in [4.78, 5) is 40.8. The first-order valence-corrected chi connectivity index (χ1v) is 7.83. The van der Waals surface area contributed by atoms with Crippen molar-refractivity contribution in [3.8, 4) is 6.07 Å². The van der Waals surface area contributed by atoms with E-state index in [1.807, 2.05) is 6.07 Å². The SMILES string of the molecule is Cn1c(=O)c2c(nc(Cl)n2CC(=O)Nc2ccccc2C#N)n(C)c1=O. The van der Waals surface area contributed by atoms with E-state index in [0.29, 0.717) is 11.3 Å². The summed E-state index contributed by atoms with van der Waals surface area (Å²) in [5.41, 5.74) is -0.359. The van der Waals surface area contributed by atoms with E-state index in [9.17, 15) is 14.4 Å². The van der Waals surface area contributed by atoms with Crippen LogP contribution in [0.1, 0.15) is 5.56 Å². The van der Waals surface area contributed by atoms with Gasteiger partial charge in [0.1, 0.15) is 12.6 Å². The number of halogens is 1. The monoisotopic (exact) mass is 372 g/mol. The number of benzene rings is 1. The third-order valence-electron chi connectivity index (χ3n) is 3.92. The van der Waals surface area contributed by atoms with E-state index in [4.69, 9.17) is 16.9 Å². The molecule has 132 valence electrons. The van der Waals surface area contributed by atoms with Crippen LogP contribution in [0.5, 0.6) is 0 Å². The molecule has 1 N–H and O–H groups in total. The number of anilines is 1. The van der Waals surface area contributed by atoms with Crippen LogP contribution in [0.4, 0.5) is 5.69 Å². The number of nitriles is 1. The highest BCUT2D eigenvalue weighted by molar-refractivity contribution is 6.29. The van der Waals surface area contributed by atoms with Crippen molar-refractivity contribution < 1.29 is 4.79 Å². The summed E-state index contributed by atoms with van der Waals surface area (Å²) >= 11 is 6.08. The summed E-state index contributed by atoms with van der Waals surface area (Å²) in [6, 6.07) is 8.50. The van der Waals surface area contributed by atoms with E-state index < -0.39 is 17.2 Å². The van der Waals surface area contributed by atoms with E-state index in [-0.39, 0.29) is 23.0 Å². The fourth-order valence-electron chi connectivity index (χ4n) is 2.59. The number of nitrogens with one attached hydrogen (secondary N) is 1. The topological polar surface area (TPSA) is 115 Å². The van der Waals surface area contributed by atoms with Gasteiger partial charge in [0.05, 0.1) is 11.3 Å². The molecule has 3 aromatic rings. The normalized spacial score (nSPS) is 10.7. The maximum atomic E-state index is 12.4. The molecule has 0 atom stereocenters. The zero-order valence-electron chi connectivity index (χ0n) is 13.9. The summed E-state index contributed by atoms with van der Waals surface area (Å²) in [7, 11) is 2.79. The van der Waals surface area contributed by atoms with E-state index in [1.165, 1.54) is 23.2 Å². The predicted octanol–water partition coefficient (Wildman–Crippen LogP) is 0.597. The van der Waals surface area contributed by atoms with Crippen molar-refractivity contribution >= 4 is 34.4 Å². The Labute approximate surface area is 151 Å². The fourth-order valence-corrected chi connectivity index (χ4v) is 2.81. The molecular formula is C16H13ClN6O3. The Hall–Kier alpha value is -3.38. The van der Waals surface area contributed by atoms with Crippen LogP contribution in [0.3, 0.4) is 0 Å². The fraction of sp³-hybridized carbons (Fsp3) is 0.188. The quantitative estimate of drug-likeness (QED) is 0.676. The van der Waals surface area contributed by atoms with Gasteiger partial charge < -0.3 is 5.32 Å². The Morgan fingerprint density at radius 1 is 1.27 bits per heavy atom. The minimum atomic E-state index is -0.604. The summed E-state index contributed by atoms with van der Waals surface area (Å²) < 4.78 is 3.32. The van der Waals surface area contributed by atoms with Crippen LogP contribution in [0.25, 0.3) is 11.2 Å². The first-order valence-electron chi connectivity index (χ1n) is 7.46. The van der Waals surface area contributed by atoms with Crippen LogP contribution in [0, 0.1) is 11.3 Å². The second kappa shape index (κ2) is 6.50. The van der Waals surface area contributed by atoms with Crippen LogP contribution in [0.2, 0.25) is 5.28 Å². The number of aromatic nitrogens is 4. The molecule has 1 aromatic carbocycles. The molecule has 0 unspecified atom stereocenters. The zero-order valence-corrected chi connectivity index (χ0v) is 14.6. The lowest BCUT2D eigenvalue weighted by atomic mass is 10.2. The number of rotatable bonds is 3. The van der Waals surface area contributed by atoms with Crippen molar-refractivity contribution in [3.05, 3.63) is 56.0 Å². The van der Waals surface area contributed by atoms with Crippen LogP contribution < -0.4 is 16.6 Å². The Morgan fingerprint density at radius 2 is 1.96 bits per heavy atom. The molecule has 0 radical (unpaired) electrons. The number of carbonyl (C=O) groups is 1. The molecule has 10 heteroatoms. The first kappa shape index (κ1) is 17.4. The van der Waals surface area contributed by atoms with Crippen molar-refractivity contribution in [2.45, 2.75) is 6.54 Å². The number of para-hydroxylation sites is 1. The highest BCUT2D eigenvalue weighted by Crippen LogP contribution is 2.17.